The van der Waals surface area contributed by atoms with Crippen LogP contribution in [0.2, 0.25) is 0 Å². The minimum absolute atomic E-state index is 0.0466. The van der Waals surface area contributed by atoms with Crippen molar-refractivity contribution in [1.82, 2.24) is 0 Å². The molecule has 0 N–H and O–H groups in total. The van der Waals surface area contributed by atoms with E-state index in [2.05, 4.69) is 6.92 Å². The molecule has 2 aliphatic heterocycles. The van der Waals surface area contributed by atoms with E-state index in [0.717, 1.165) is 6.42 Å². The summed E-state index contributed by atoms with van der Waals surface area (Å²) in [7, 11) is 0. The van der Waals surface area contributed by atoms with E-state index in [0.29, 0.717) is 11.7 Å². The van der Waals surface area contributed by atoms with Crippen LogP contribution in [-0.4, -0.2) is 38.0 Å². The van der Waals surface area contributed by atoms with Gasteiger partial charge >= 0.3 is 127 Å². The van der Waals surface area contributed by atoms with Crippen LogP contribution in [0, 0.1) is 5.92 Å². The van der Waals surface area contributed by atoms with Crippen LogP contribution < -0.4 is 21.2 Å². The predicted octanol–water partition coefficient (Wildman–Crippen LogP) is -1.65. The van der Waals surface area contributed by atoms with Crippen LogP contribution in [0.15, 0.2) is 0 Å². The summed E-state index contributed by atoms with van der Waals surface area (Å²) in [6.07, 6.45) is 1.61. The van der Waals surface area contributed by atoms with Crippen molar-refractivity contribution in [2.75, 3.05) is 10.2 Å². The molecule has 0 spiro atoms. The van der Waals surface area contributed by atoms with Crippen LogP contribution in [0.25, 0.3) is 0 Å². The SMILES string of the molecule is CC(=O)O[C@H]1CS[C@@H](C(=O)O[C@@H]2C[C@H](C)CC[I-]2)O1. The third-order valence-corrected chi connectivity index (χ3v) is 6.93. The summed E-state index contributed by atoms with van der Waals surface area (Å²) in [4.78, 5) is 22.8. The van der Waals surface area contributed by atoms with E-state index in [9.17, 15) is 9.59 Å². The average molecular weight is 401 g/mol. The fourth-order valence-corrected chi connectivity index (χ4v) is 6.53. The number of ether oxygens (including phenoxy) is 3. The van der Waals surface area contributed by atoms with Gasteiger partial charge in [-0.25, -0.2) is 0 Å². The monoisotopic (exact) mass is 401 g/mol. The number of rotatable bonds is 3. The first-order valence-electron chi connectivity index (χ1n) is 6.27. The van der Waals surface area contributed by atoms with Crippen LogP contribution in [0.4, 0.5) is 0 Å². The number of carbonyl (C=O) groups is 2. The standard InChI is InChI=1S/C12H18IO5S/c1-7-3-4-13-9(5-7)17-11(15)12-18-10(6-19-12)16-8(2)14/h7,9-10,12H,3-6H2,1-2H3/q-1/t7-,9-,10-,12+/m1/s1. The van der Waals surface area contributed by atoms with Gasteiger partial charge in [0, 0.05) is 0 Å². The summed E-state index contributed by atoms with van der Waals surface area (Å²) in [5.74, 6) is 0.400. The van der Waals surface area contributed by atoms with Gasteiger partial charge in [0.2, 0.25) is 0 Å². The molecule has 0 aromatic carbocycles. The first kappa shape index (κ1) is 15.4. The van der Waals surface area contributed by atoms with Gasteiger partial charge in [0.1, 0.15) is 0 Å². The topological polar surface area (TPSA) is 61.8 Å². The van der Waals surface area contributed by atoms with Crippen molar-refractivity contribution in [3.63, 3.8) is 0 Å². The maximum atomic E-state index is 12.0. The van der Waals surface area contributed by atoms with Gasteiger partial charge in [0.05, 0.1) is 0 Å². The fraction of sp³-hybridized carbons (Fsp3) is 0.833. The minimum atomic E-state index is -0.648. The third kappa shape index (κ3) is 4.78. The molecule has 4 atom stereocenters. The quantitative estimate of drug-likeness (QED) is 0.321. The molecule has 0 saturated carbocycles. The molecule has 2 aliphatic rings. The molecule has 0 aromatic heterocycles. The van der Waals surface area contributed by atoms with E-state index < -0.39 is 17.7 Å². The third-order valence-electron chi connectivity index (χ3n) is 2.86. The second-order valence-corrected chi connectivity index (χ2v) is 9.10. The Morgan fingerprint density at radius 2 is 2.16 bits per heavy atom. The number of hydrogen-bond donors (Lipinski definition) is 0. The number of halogens is 1. The molecular formula is C12H18IO5S-. The Balaban J connectivity index is 1.76. The van der Waals surface area contributed by atoms with Crippen molar-refractivity contribution in [3.05, 3.63) is 0 Å². The average Bonchev–Trinajstić information content (AvgIpc) is 2.76. The number of carbonyl (C=O) groups excluding carboxylic acids is 2. The van der Waals surface area contributed by atoms with E-state index in [-0.39, 0.29) is 31.3 Å². The molecule has 0 bridgehead atoms. The zero-order valence-electron chi connectivity index (χ0n) is 11.0. The Morgan fingerprint density at radius 3 is 2.84 bits per heavy atom. The van der Waals surface area contributed by atoms with Gasteiger partial charge in [-0.15, -0.1) is 0 Å². The molecule has 0 unspecified atom stereocenters. The first-order valence-corrected chi connectivity index (χ1v) is 10.1. The molecule has 5 nitrogen and oxygen atoms in total. The van der Waals surface area contributed by atoms with E-state index in [4.69, 9.17) is 14.2 Å². The van der Waals surface area contributed by atoms with Crippen molar-refractivity contribution in [2.45, 2.75) is 42.5 Å². The summed E-state index contributed by atoms with van der Waals surface area (Å²) in [6, 6.07) is 0. The van der Waals surface area contributed by atoms with Gasteiger partial charge in [-0.3, -0.25) is 0 Å². The Labute approximate surface area is 127 Å². The first-order chi connectivity index (χ1) is 9.04. The van der Waals surface area contributed by atoms with Crippen LogP contribution in [-0.2, 0) is 23.8 Å². The molecule has 2 rings (SSSR count). The molecule has 2 fully saturated rings. The van der Waals surface area contributed by atoms with Gasteiger partial charge in [0.15, 0.2) is 0 Å². The zero-order chi connectivity index (χ0) is 13.8. The van der Waals surface area contributed by atoms with E-state index in [1.165, 1.54) is 29.5 Å². The Bertz CT molecular complexity index is 351. The molecule has 0 aromatic rings. The van der Waals surface area contributed by atoms with E-state index in [1.807, 2.05) is 0 Å². The van der Waals surface area contributed by atoms with Crippen LogP contribution >= 0.6 is 11.8 Å². The summed E-state index contributed by atoms with van der Waals surface area (Å²) < 4.78 is 17.1. The Hall–Kier alpha value is -0.0200. The molecule has 110 valence electrons. The predicted molar refractivity (Wildman–Crippen MR) is 66.0 cm³/mol. The molecular weight excluding hydrogens is 383 g/mol. The maximum absolute atomic E-state index is 12.0. The van der Waals surface area contributed by atoms with Crippen LogP contribution in [0.5, 0.6) is 0 Å². The van der Waals surface area contributed by atoms with E-state index in [1.54, 1.807) is 0 Å². The summed E-state index contributed by atoms with van der Waals surface area (Å²) in [6.45, 7) is 3.52. The Kier molecular flexibility index (Phi) is 5.76. The number of esters is 2. The zero-order valence-corrected chi connectivity index (χ0v) is 13.9. The normalized spacial score (nSPS) is 35.3. The molecule has 0 amide bonds. The van der Waals surface area contributed by atoms with Gasteiger partial charge in [-0.05, 0) is 0 Å². The second kappa shape index (κ2) is 7.12. The number of hydrogen-bond acceptors (Lipinski definition) is 6. The number of thioether (sulfide) groups is 1. The second-order valence-electron chi connectivity index (χ2n) is 4.66. The van der Waals surface area contributed by atoms with Crippen molar-refractivity contribution in [1.29, 1.82) is 0 Å². The van der Waals surface area contributed by atoms with E-state index >= 15 is 0 Å². The molecule has 2 saturated heterocycles. The molecule has 19 heavy (non-hydrogen) atoms. The van der Waals surface area contributed by atoms with Crippen LogP contribution in [0.1, 0.15) is 26.7 Å². The Morgan fingerprint density at radius 1 is 1.37 bits per heavy atom. The van der Waals surface area contributed by atoms with Gasteiger partial charge < -0.3 is 0 Å². The summed E-state index contributed by atoms with van der Waals surface area (Å²) in [5.41, 5.74) is -0.648. The summed E-state index contributed by atoms with van der Waals surface area (Å²) >= 11 is 1.28. The van der Waals surface area contributed by atoms with Crippen molar-refractivity contribution in [3.8, 4) is 0 Å². The van der Waals surface area contributed by atoms with Crippen molar-refractivity contribution >= 4 is 23.7 Å². The van der Waals surface area contributed by atoms with Crippen LogP contribution in [0.3, 0.4) is 0 Å². The molecule has 0 aliphatic carbocycles. The fourth-order valence-electron chi connectivity index (χ4n) is 1.88. The van der Waals surface area contributed by atoms with Crippen molar-refractivity contribution < 1.29 is 45.0 Å². The molecule has 2 heterocycles. The van der Waals surface area contributed by atoms with Gasteiger partial charge in [0.25, 0.3) is 0 Å². The van der Waals surface area contributed by atoms with Crippen molar-refractivity contribution in [2.24, 2.45) is 5.92 Å². The molecule has 7 heteroatoms. The molecule has 0 radical (unpaired) electrons. The van der Waals surface area contributed by atoms with Gasteiger partial charge in [-0.2, -0.15) is 0 Å². The summed E-state index contributed by atoms with van der Waals surface area (Å²) in [5, 5.41) is 0. The number of alkyl halides is 2. The van der Waals surface area contributed by atoms with Gasteiger partial charge in [-0.1, -0.05) is 0 Å².